The van der Waals surface area contributed by atoms with Crippen molar-refractivity contribution in [2.75, 3.05) is 11.9 Å². The first-order valence-corrected chi connectivity index (χ1v) is 8.59. The third kappa shape index (κ3) is 5.70. The van der Waals surface area contributed by atoms with E-state index in [9.17, 15) is 18.0 Å². The van der Waals surface area contributed by atoms with Gasteiger partial charge in [0.2, 0.25) is 5.88 Å². The number of ether oxygens (including phenoxy) is 1. The van der Waals surface area contributed by atoms with Crippen LogP contribution in [0.15, 0.2) is 18.3 Å². The van der Waals surface area contributed by atoms with Crippen LogP contribution in [0.2, 0.25) is 0 Å². The fourth-order valence-electron chi connectivity index (χ4n) is 2.07. The summed E-state index contributed by atoms with van der Waals surface area (Å²) in [5.74, 6) is -0.615. The van der Waals surface area contributed by atoms with Gasteiger partial charge in [-0.3, -0.25) is 10.1 Å². The van der Waals surface area contributed by atoms with Crippen molar-refractivity contribution in [3.63, 3.8) is 0 Å². The third-order valence-corrected chi connectivity index (χ3v) is 4.35. The normalized spacial score (nSPS) is 11.4. The van der Waals surface area contributed by atoms with Gasteiger partial charge in [0.05, 0.1) is 11.3 Å². The number of rotatable bonds is 7. The average Bonchev–Trinajstić information content (AvgIpc) is 2.94. The van der Waals surface area contributed by atoms with Crippen molar-refractivity contribution >= 4 is 22.4 Å². The number of aryl methyl sites for hydroxylation is 2. The van der Waals surface area contributed by atoms with E-state index in [1.165, 1.54) is 29.7 Å². The lowest BCUT2D eigenvalue weighted by Gasteiger charge is -2.08. The molecule has 136 valence electrons. The molecular formula is C16H18F3N3O2S. The minimum absolute atomic E-state index is 0.193. The first-order valence-electron chi connectivity index (χ1n) is 7.78. The van der Waals surface area contributed by atoms with Crippen molar-refractivity contribution in [3.8, 4) is 5.88 Å². The molecule has 1 amide bonds. The standard InChI is InChI=1S/C16H18F3N3O2S/c1-3-5-11-12(4-2)25-15(21-11)22-14(23)10-6-7-13(20-8-10)24-9-16(17,18)19/h6-8H,3-5,9H2,1-2H3,(H,21,22,23). The van der Waals surface area contributed by atoms with Crippen LogP contribution in [-0.4, -0.2) is 28.7 Å². The zero-order chi connectivity index (χ0) is 18.4. The lowest BCUT2D eigenvalue weighted by molar-refractivity contribution is -0.154. The summed E-state index contributed by atoms with van der Waals surface area (Å²) < 4.78 is 40.8. The van der Waals surface area contributed by atoms with Gasteiger partial charge in [0.15, 0.2) is 11.7 Å². The molecule has 2 rings (SSSR count). The van der Waals surface area contributed by atoms with Crippen LogP contribution in [0.4, 0.5) is 18.3 Å². The highest BCUT2D eigenvalue weighted by atomic mass is 32.1. The van der Waals surface area contributed by atoms with Crippen molar-refractivity contribution in [1.82, 2.24) is 9.97 Å². The number of thiazole rings is 1. The van der Waals surface area contributed by atoms with Gasteiger partial charge in [-0.25, -0.2) is 9.97 Å². The predicted octanol–water partition coefficient (Wildman–Crippen LogP) is 4.25. The first kappa shape index (κ1) is 19.2. The SMILES string of the molecule is CCCc1nc(NC(=O)c2ccc(OCC(F)(F)F)nc2)sc1CC. The lowest BCUT2D eigenvalue weighted by atomic mass is 10.2. The van der Waals surface area contributed by atoms with Gasteiger partial charge in [-0.2, -0.15) is 13.2 Å². The minimum atomic E-state index is -4.43. The Morgan fingerprint density at radius 2 is 2.08 bits per heavy atom. The molecular weight excluding hydrogens is 355 g/mol. The second-order valence-corrected chi connectivity index (χ2v) is 6.32. The molecule has 0 aliphatic rings. The van der Waals surface area contributed by atoms with Gasteiger partial charge in [-0.15, -0.1) is 11.3 Å². The number of alkyl halides is 3. The van der Waals surface area contributed by atoms with Gasteiger partial charge < -0.3 is 4.74 Å². The lowest BCUT2D eigenvalue weighted by Crippen LogP contribution is -2.19. The zero-order valence-corrected chi connectivity index (χ0v) is 14.6. The van der Waals surface area contributed by atoms with Gasteiger partial charge >= 0.3 is 6.18 Å². The number of carbonyl (C=O) groups is 1. The van der Waals surface area contributed by atoms with E-state index in [2.05, 4.69) is 26.9 Å². The summed E-state index contributed by atoms with van der Waals surface area (Å²) in [6, 6.07) is 2.58. The van der Waals surface area contributed by atoms with E-state index in [4.69, 9.17) is 0 Å². The largest absolute Gasteiger partial charge is 0.468 e. The van der Waals surface area contributed by atoms with Crippen LogP contribution < -0.4 is 10.1 Å². The molecule has 0 aromatic carbocycles. The highest BCUT2D eigenvalue weighted by Gasteiger charge is 2.28. The number of amides is 1. The maximum atomic E-state index is 12.2. The third-order valence-electron chi connectivity index (χ3n) is 3.19. The molecule has 2 aromatic rings. The van der Waals surface area contributed by atoms with Crippen LogP contribution in [0.5, 0.6) is 5.88 Å². The number of aromatic nitrogens is 2. The van der Waals surface area contributed by atoms with E-state index < -0.39 is 18.7 Å². The van der Waals surface area contributed by atoms with Crippen molar-refractivity contribution in [3.05, 3.63) is 34.5 Å². The van der Waals surface area contributed by atoms with E-state index in [0.717, 1.165) is 29.8 Å². The monoisotopic (exact) mass is 373 g/mol. The molecule has 0 aliphatic heterocycles. The summed E-state index contributed by atoms with van der Waals surface area (Å²) in [6.07, 6.45) is -0.608. The summed E-state index contributed by atoms with van der Waals surface area (Å²) >= 11 is 1.42. The second-order valence-electron chi connectivity index (χ2n) is 5.24. The molecule has 5 nitrogen and oxygen atoms in total. The number of carbonyl (C=O) groups excluding carboxylic acids is 1. The number of hydrogen-bond donors (Lipinski definition) is 1. The molecule has 0 saturated carbocycles. The molecule has 2 aromatic heterocycles. The van der Waals surface area contributed by atoms with Crippen LogP contribution in [0.1, 0.15) is 41.2 Å². The van der Waals surface area contributed by atoms with Gasteiger partial charge in [-0.05, 0) is 18.9 Å². The Bertz CT molecular complexity index is 714. The molecule has 0 spiro atoms. The van der Waals surface area contributed by atoms with Crippen molar-refractivity contribution in [2.24, 2.45) is 0 Å². The molecule has 0 atom stereocenters. The summed E-state index contributed by atoms with van der Waals surface area (Å²) in [6.45, 7) is 2.66. The maximum Gasteiger partial charge on any atom is 0.422 e. The number of hydrogen-bond acceptors (Lipinski definition) is 5. The summed E-state index contributed by atoms with van der Waals surface area (Å²) in [5.41, 5.74) is 1.20. The van der Waals surface area contributed by atoms with Crippen LogP contribution in [0.25, 0.3) is 0 Å². The second kappa shape index (κ2) is 8.28. The van der Waals surface area contributed by atoms with Crippen molar-refractivity contribution in [1.29, 1.82) is 0 Å². The molecule has 0 radical (unpaired) electrons. The predicted molar refractivity (Wildman–Crippen MR) is 89.2 cm³/mol. The Labute approximate surface area is 147 Å². The van der Waals surface area contributed by atoms with E-state index in [1.54, 1.807) is 0 Å². The smallest absolute Gasteiger partial charge is 0.422 e. The zero-order valence-electron chi connectivity index (χ0n) is 13.8. The Hall–Kier alpha value is -2.16. The van der Waals surface area contributed by atoms with Gasteiger partial charge in [-0.1, -0.05) is 20.3 Å². The first-order chi connectivity index (χ1) is 11.8. The summed E-state index contributed by atoms with van der Waals surface area (Å²) in [5, 5.41) is 3.20. The molecule has 0 saturated heterocycles. The number of nitrogens with zero attached hydrogens (tertiary/aromatic N) is 2. The van der Waals surface area contributed by atoms with E-state index in [0.29, 0.717) is 5.13 Å². The van der Waals surface area contributed by atoms with Crippen LogP contribution in [0, 0.1) is 0 Å². The van der Waals surface area contributed by atoms with Crippen LogP contribution in [0.3, 0.4) is 0 Å². The highest BCUT2D eigenvalue weighted by molar-refractivity contribution is 7.15. The van der Waals surface area contributed by atoms with Gasteiger partial charge in [0.25, 0.3) is 5.91 Å². The summed E-state index contributed by atoms with van der Waals surface area (Å²) in [4.78, 5) is 21.5. The Kier molecular flexibility index (Phi) is 6.35. The van der Waals surface area contributed by atoms with Crippen molar-refractivity contribution in [2.45, 2.75) is 39.3 Å². The average molecular weight is 373 g/mol. The fourth-order valence-corrected chi connectivity index (χ4v) is 3.01. The number of pyridine rings is 1. The number of nitrogens with one attached hydrogen (secondary N) is 1. The fraction of sp³-hybridized carbons (Fsp3) is 0.438. The molecule has 0 fully saturated rings. The summed E-state index contributed by atoms with van der Waals surface area (Å²) in [7, 11) is 0. The van der Waals surface area contributed by atoms with Gasteiger partial charge in [0, 0.05) is 17.1 Å². The van der Waals surface area contributed by atoms with E-state index in [1.807, 2.05) is 6.92 Å². The number of anilines is 1. The number of halogens is 3. The molecule has 9 heteroatoms. The quantitative estimate of drug-likeness (QED) is 0.788. The molecule has 0 aliphatic carbocycles. The topological polar surface area (TPSA) is 64.1 Å². The molecule has 0 bridgehead atoms. The maximum absolute atomic E-state index is 12.2. The molecule has 0 unspecified atom stereocenters. The van der Waals surface area contributed by atoms with E-state index >= 15 is 0 Å². The molecule has 25 heavy (non-hydrogen) atoms. The van der Waals surface area contributed by atoms with Crippen LogP contribution in [-0.2, 0) is 12.8 Å². The highest BCUT2D eigenvalue weighted by Crippen LogP contribution is 2.25. The molecule has 1 N–H and O–H groups in total. The van der Waals surface area contributed by atoms with Crippen LogP contribution >= 0.6 is 11.3 Å². The minimum Gasteiger partial charge on any atom is -0.468 e. The molecule has 2 heterocycles. The van der Waals surface area contributed by atoms with E-state index in [-0.39, 0.29) is 11.4 Å². The van der Waals surface area contributed by atoms with Crippen molar-refractivity contribution < 1.29 is 22.7 Å². The Morgan fingerprint density at radius 3 is 2.64 bits per heavy atom. The Morgan fingerprint density at radius 1 is 1.32 bits per heavy atom. The van der Waals surface area contributed by atoms with Gasteiger partial charge in [0.1, 0.15) is 0 Å². The Balaban J connectivity index is 2.01.